The molecule has 1 aliphatic rings. The van der Waals surface area contributed by atoms with Crippen LogP contribution >= 0.6 is 0 Å². The minimum atomic E-state index is 0.192. The van der Waals surface area contributed by atoms with Gasteiger partial charge in [0.1, 0.15) is 6.29 Å². The second kappa shape index (κ2) is 4.64. The van der Waals surface area contributed by atoms with Crippen LogP contribution < -0.4 is 0 Å². The van der Waals surface area contributed by atoms with Gasteiger partial charge in [0, 0.05) is 5.92 Å². The fourth-order valence-corrected chi connectivity index (χ4v) is 3.09. The molecule has 0 N–H and O–H groups in total. The summed E-state index contributed by atoms with van der Waals surface area (Å²) in [6.45, 7) is 8.85. The molecule has 1 aromatic rings. The van der Waals surface area contributed by atoms with Crippen LogP contribution in [0.3, 0.4) is 0 Å². The van der Waals surface area contributed by atoms with E-state index in [-0.39, 0.29) is 5.92 Å². The van der Waals surface area contributed by atoms with Crippen molar-refractivity contribution in [3.8, 4) is 0 Å². The van der Waals surface area contributed by atoms with Gasteiger partial charge in [0.25, 0.3) is 0 Å². The summed E-state index contributed by atoms with van der Waals surface area (Å²) in [5.41, 5.74) is 4.19. The van der Waals surface area contributed by atoms with Crippen molar-refractivity contribution in [2.75, 3.05) is 0 Å². The molecule has 17 heavy (non-hydrogen) atoms. The van der Waals surface area contributed by atoms with Crippen molar-refractivity contribution in [3.05, 3.63) is 34.9 Å². The van der Waals surface area contributed by atoms with E-state index in [0.29, 0.717) is 17.8 Å². The van der Waals surface area contributed by atoms with Gasteiger partial charge in [-0.3, -0.25) is 0 Å². The lowest BCUT2D eigenvalue weighted by atomic mass is 9.68. The minimum Gasteiger partial charge on any atom is -0.303 e. The predicted molar refractivity (Wildman–Crippen MR) is 71.3 cm³/mol. The number of hydrogen-bond donors (Lipinski definition) is 0. The zero-order chi connectivity index (χ0) is 12.6. The molecule has 3 unspecified atom stereocenters. The van der Waals surface area contributed by atoms with E-state index in [1.807, 2.05) is 0 Å². The number of rotatable bonds is 2. The lowest BCUT2D eigenvalue weighted by Crippen LogP contribution is -2.25. The third-order valence-corrected chi connectivity index (χ3v) is 4.28. The van der Waals surface area contributed by atoms with Gasteiger partial charge in [0.2, 0.25) is 0 Å². The van der Waals surface area contributed by atoms with E-state index in [1.54, 1.807) is 0 Å². The fraction of sp³-hybridized carbons (Fsp3) is 0.562. The maximum Gasteiger partial charge on any atom is 0.123 e. The third kappa shape index (κ3) is 2.15. The number of carbonyl (C=O) groups excluding carboxylic acids is 1. The average Bonchev–Trinajstić information content (AvgIpc) is 2.29. The summed E-state index contributed by atoms with van der Waals surface area (Å²) in [7, 11) is 0. The molecule has 0 saturated carbocycles. The number of benzene rings is 1. The molecule has 1 nitrogen and oxygen atoms in total. The maximum absolute atomic E-state index is 11.2. The Morgan fingerprint density at radius 1 is 1.29 bits per heavy atom. The molecule has 0 heterocycles. The van der Waals surface area contributed by atoms with Crippen molar-refractivity contribution in [2.24, 2.45) is 11.8 Å². The Bertz CT molecular complexity index is 420. The molecular weight excluding hydrogens is 208 g/mol. The number of hydrogen-bond acceptors (Lipinski definition) is 1. The van der Waals surface area contributed by atoms with Gasteiger partial charge in [0.05, 0.1) is 0 Å². The summed E-state index contributed by atoms with van der Waals surface area (Å²) in [6.07, 6.45) is 2.17. The molecule has 1 aliphatic carbocycles. The van der Waals surface area contributed by atoms with Crippen LogP contribution in [0, 0.1) is 18.8 Å². The summed E-state index contributed by atoms with van der Waals surface area (Å²) in [6, 6.07) is 6.71. The van der Waals surface area contributed by atoms with Gasteiger partial charge in [-0.2, -0.15) is 0 Å². The van der Waals surface area contributed by atoms with Crippen LogP contribution in [0.5, 0.6) is 0 Å². The Labute approximate surface area is 104 Å². The zero-order valence-corrected chi connectivity index (χ0v) is 11.2. The molecule has 0 amide bonds. The van der Waals surface area contributed by atoms with Crippen molar-refractivity contribution in [2.45, 2.75) is 46.0 Å². The maximum atomic E-state index is 11.2. The van der Waals surface area contributed by atoms with Gasteiger partial charge < -0.3 is 4.79 Å². The second-order valence-electron chi connectivity index (χ2n) is 5.81. The average molecular weight is 230 g/mol. The number of aryl methyl sites for hydroxylation is 1. The number of fused-ring (bicyclic) bond motifs is 1. The van der Waals surface area contributed by atoms with E-state index in [2.05, 4.69) is 45.9 Å². The summed E-state index contributed by atoms with van der Waals surface area (Å²) < 4.78 is 0. The van der Waals surface area contributed by atoms with Crippen LogP contribution in [0.1, 0.15) is 55.7 Å². The molecule has 92 valence electrons. The molecule has 2 rings (SSSR count). The van der Waals surface area contributed by atoms with E-state index in [4.69, 9.17) is 0 Å². The molecule has 1 aromatic carbocycles. The van der Waals surface area contributed by atoms with E-state index in [1.165, 1.54) is 16.7 Å². The molecule has 0 bridgehead atoms. The Balaban J connectivity index is 2.51. The highest BCUT2D eigenvalue weighted by molar-refractivity contribution is 5.58. The zero-order valence-electron chi connectivity index (χ0n) is 11.2. The highest BCUT2D eigenvalue weighted by Gasteiger charge is 2.33. The first-order valence-electron chi connectivity index (χ1n) is 6.60. The Morgan fingerprint density at radius 2 is 2.00 bits per heavy atom. The van der Waals surface area contributed by atoms with E-state index in [0.717, 1.165) is 12.7 Å². The van der Waals surface area contributed by atoms with Gasteiger partial charge in [-0.1, -0.05) is 44.5 Å². The first-order chi connectivity index (χ1) is 8.04. The normalized spacial score (nSPS) is 27.9. The molecule has 0 aromatic heterocycles. The molecule has 3 atom stereocenters. The number of carbonyl (C=O) groups is 1. The van der Waals surface area contributed by atoms with Crippen LogP contribution in [0.15, 0.2) is 18.2 Å². The molecule has 0 aliphatic heterocycles. The predicted octanol–water partition coefficient (Wildman–Crippen LogP) is 4.06. The third-order valence-electron chi connectivity index (χ3n) is 4.28. The molecule has 1 heteroatoms. The Morgan fingerprint density at radius 3 is 2.59 bits per heavy atom. The van der Waals surface area contributed by atoms with E-state index in [9.17, 15) is 4.79 Å². The van der Waals surface area contributed by atoms with Crippen LogP contribution in [-0.2, 0) is 4.79 Å². The molecule has 0 radical (unpaired) electrons. The van der Waals surface area contributed by atoms with Crippen molar-refractivity contribution >= 4 is 6.29 Å². The fourth-order valence-electron chi connectivity index (χ4n) is 3.09. The van der Waals surface area contributed by atoms with E-state index < -0.39 is 0 Å². The van der Waals surface area contributed by atoms with Crippen molar-refractivity contribution in [3.63, 3.8) is 0 Å². The Hall–Kier alpha value is -1.11. The van der Waals surface area contributed by atoms with Gasteiger partial charge in [0.15, 0.2) is 0 Å². The van der Waals surface area contributed by atoms with Crippen LogP contribution in [0.4, 0.5) is 0 Å². The van der Waals surface area contributed by atoms with Crippen molar-refractivity contribution in [1.82, 2.24) is 0 Å². The lowest BCUT2D eigenvalue weighted by molar-refractivity contribution is -0.112. The van der Waals surface area contributed by atoms with Gasteiger partial charge >= 0.3 is 0 Å². The van der Waals surface area contributed by atoms with Gasteiger partial charge in [-0.15, -0.1) is 0 Å². The molecule has 0 fully saturated rings. The summed E-state index contributed by atoms with van der Waals surface area (Å²) >= 11 is 0. The second-order valence-corrected chi connectivity index (χ2v) is 5.81. The summed E-state index contributed by atoms with van der Waals surface area (Å²) in [5.74, 6) is 1.71. The van der Waals surface area contributed by atoms with Crippen molar-refractivity contribution < 1.29 is 4.79 Å². The molecule has 0 spiro atoms. The van der Waals surface area contributed by atoms with Crippen LogP contribution in [-0.4, -0.2) is 6.29 Å². The molecule has 0 saturated heterocycles. The topological polar surface area (TPSA) is 17.1 Å². The highest BCUT2D eigenvalue weighted by Crippen LogP contribution is 2.44. The lowest BCUT2D eigenvalue weighted by Gasteiger charge is -2.36. The van der Waals surface area contributed by atoms with Gasteiger partial charge in [-0.25, -0.2) is 0 Å². The summed E-state index contributed by atoms with van der Waals surface area (Å²) in [5, 5.41) is 0. The van der Waals surface area contributed by atoms with Crippen LogP contribution in [0.2, 0.25) is 0 Å². The first kappa shape index (κ1) is 12.3. The SMILES string of the molecule is Cc1ccc2c(c1)C(C(C)C)CC(C=O)C2C. The minimum absolute atomic E-state index is 0.192. The summed E-state index contributed by atoms with van der Waals surface area (Å²) in [4.78, 5) is 11.2. The highest BCUT2D eigenvalue weighted by atomic mass is 16.1. The van der Waals surface area contributed by atoms with Gasteiger partial charge in [-0.05, 0) is 42.2 Å². The molecular formula is C16H22O. The Kier molecular flexibility index (Phi) is 3.37. The number of aldehydes is 1. The standard InChI is InChI=1S/C16H22O/c1-10(2)15-8-13(9-17)12(4)14-6-5-11(3)7-16(14)15/h5-7,9-10,12-13,15H,8H2,1-4H3. The monoisotopic (exact) mass is 230 g/mol. The van der Waals surface area contributed by atoms with E-state index >= 15 is 0 Å². The first-order valence-corrected chi connectivity index (χ1v) is 6.60. The smallest absolute Gasteiger partial charge is 0.123 e. The van der Waals surface area contributed by atoms with Crippen molar-refractivity contribution in [1.29, 1.82) is 0 Å². The van der Waals surface area contributed by atoms with Crippen LogP contribution in [0.25, 0.3) is 0 Å². The quantitative estimate of drug-likeness (QED) is 0.700. The largest absolute Gasteiger partial charge is 0.303 e.